The van der Waals surface area contributed by atoms with Crippen LogP contribution < -0.4 is 24.7 Å². The quantitative estimate of drug-likeness (QED) is 0.325. The molecule has 0 aliphatic carbocycles. The van der Waals surface area contributed by atoms with Crippen LogP contribution in [-0.4, -0.2) is 21.0 Å². The van der Waals surface area contributed by atoms with Crippen LogP contribution in [0.25, 0.3) is 22.1 Å². The number of anilines is 1. The van der Waals surface area contributed by atoms with Crippen molar-refractivity contribution in [3.8, 4) is 28.4 Å². The van der Waals surface area contributed by atoms with Gasteiger partial charge in [-0.2, -0.15) is 0 Å². The fraction of sp³-hybridized carbons (Fsp3) is 0.160. The molecule has 0 N–H and O–H groups in total. The van der Waals surface area contributed by atoms with Crippen LogP contribution in [0.15, 0.2) is 63.8 Å². The first kappa shape index (κ1) is 21.5. The number of benzene rings is 3. The maximum Gasteiger partial charge on any atom is 0.336 e. The molecule has 8 heteroatoms. The van der Waals surface area contributed by atoms with Crippen molar-refractivity contribution in [2.24, 2.45) is 0 Å². The van der Waals surface area contributed by atoms with Gasteiger partial charge in [0.15, 0.2) is 6.73 Å². The molecule has 4 aromatic rings. The van der Waals surface area contributed by atoms with Crippen LogP contribution >= 0.6 is 23.2 Å². The third kappa shape index (κ3) is 3.75. The molecule has 33 heavy (non-hydrogen) atoms. The van der Waals surface area contributed by atoms with E-state index in [4.69, 9.17) is 41.8 Å². The molecular weight excluding hydrogens is 465 g/mol. The van der Waals surface area contributed by atoms with Crippen molar-refractivity contribution in [2.75, 3.05) is 25.9 Å². The Hall–Kier alpha value is -3.35. The zero-order chi connectivity index (χ0) is 23.1. The SMILES string of the molecule is COc1cc(OC)c(N2COc3c(Cl)cc4c(-c5ccccc5)cc(=O)oc4c3C2)cc1Cl. The van der Waals surface area contributed by atoms with Crippen molar-refractivity contribution in [1.29, 1.82) is 0 Å². The van der Waals surface area contributed by atoms with Gasteiger partial charge in [-0.05, 0) is 23.3 Å². The average Bonchev–Trinajstić information content (AvgIpc) is 2.84. The van der Waals surface area contributed by atoms with Crippen LogP contribution in [-0.2, 0) is 6.54 Å². The summed E-state index contributed by atoms with van der Waals surface area (Å²) in [6.45, 7) is 0.576. The number of methoxy groups -OCH3 is 2. The highest BCUT2D eigenvalue weighted by molar-refractivity contribution is 6.33. The molecule has 1 aliphatic heterocycles. The molecule has 0 saturated heterocycles. The van der Waals surface area contributed by atoms with Gasteiger partial charge in [0.05, 0.1) is 42.1 Å². The zero-order valence-electron chi connectivity index (χ0n) is 17.9. The van der Waals surface area contributed by atoms with Gasteiger partial charge in [0.1, 0.15) is 22.8 Å². The van der Waals surface area contributed by atoms with Crippen LogP contribution in [0.4, 0.5) is 5.69 Å². The Morgan fingerprint density at radius 3 is 2.42 bits per heavy atom. The molecule has 6 nitrogen and oxygen atoms in total. The smallest absolute Gasteiger partial charge is 0.336 e. The molecule has 1 aliphatic rings. The van der Waals surface area contributed by atoms with Gasteiger partial charge in [0.2, 0.25) is 0 Å². The minimum absolute atomic E-state index is 0.208. The Balaban J connectivity index is 1.68. The Bertz CT molecular complexity index is 1420. The van der Waals surface area contributed by atoms with Gasteiger partial charge in [0.25, 0.3) is 0 Å². The summed E-state index contributed by atoms with van der Waals surface area (Å²) in [5.41, 5.74) is 3.01. The van der Waals surface area contributed by atoms with Crippen molar-refractivity contribution in [3.05, 3.63) is 80.6 Å². The van der Waals surface area contributed by atoms with Crippen LogP contribution in [0.5, 0.6) is 17.2 Å². The summed E-state index contributed by atoms with van der Waals surface area (Å²) in [6.07, 6.45) is 0. The van der Waals surface area contributed by atoms with E-state index in [2.05, 4.69) is 0 Å². The maximum absolute atomic E-state index is 12.5. The van der Waals surface area contributed by atoms with Crippen molar-refractivity contribution in [3.63, 3.8) is 0 Å². The van der Waals surface area contributed by atoms with Crippen molar-refractivity contribution < 1.29 is 18.6 Å². The molecule has 0 radical (unpaired) electrons. The summed E-state index contributed by atoms with van der Waals surface area (Å²) in [4.78, 5) is 14.4. The number of ether oxygens (including phenoxy) is 3. The fourth-order valence-electron chi connectivity index (χ4n) is 4.09. The first-order chi connectivity index (χ1) is 16.0. The molecule has 168 valence electrons. The summed E-state index contributed by atoms with van der Waals surface area (Å²) < 4.78 is 22.5. The van der Waals surface area contributed by atoms with Gasteiger partial charge < -0.3 is 23.5 Å². The second-order valence-corrected chi connectivity index (χ2v) is 8.33. The zero-order valence-corrected chi connectivity index (χ0v) is 19.4. The topological polar surface area (TPSA) is 61.1 Å². The summed E-state index contributed by atoms with van der Waals surface area (Å²) in [7, 11) is 3.11. The van der Waals surface area contributed by atoms with E-state index in [1.807, 2.05) is 35.2 Å². The molecule has 5 rings (SSSR count). The van der Waals surface area contributed by atoms with Crippen LogP contribution in [0.3, 0.4) is 0 Å². The van der Waals surface area contributed by atoms with E-state index < -0.39 is 5.63 Å². The normalized spacial score (nSPS) is 12.9. The number of rotatable bonds is 4. The molecule has 2 heterocycles. The largest absolute Gasteiger partial charge is 0.495 e. The fourth-order valence-corrected chi connectivity index (χ4v) is 4.60. The van der Waals surface area contributed by atoms with E-state index in [-0.39, 0.29) is 6.73 Å². The minimum Gasteiger partial charge on any atom is -0.495 e. The number of hydrogen-bond donors (Lipinski definition) is 0. The highest BCUT2D eigenvalue weighted by atomic mass is 35.5. The Kier molecular flexibility index (Phi) is 5.56. The lowest BCUT2D eigenvalue weighted by Gasteiger charge is -2.32. The standard InChI is InChI=1S/C25H19Cl2NO5/c1-30-21-11-22(31-2)20(10-18(21)26)28-12-17-24-16(8-19(27)25(17)32-13-28)15(9-23(29)33-24)14-6-4-3-5-7-14/h3-11H,12-13H2,1-2H3. The lowest BCUT2D eigenvalue weighted by molar-refractivity contribution is 0.287. The van der Waals surface area contributed by atoms with Gasteiger partial charge in [0, 0.05) is 17.5 Å². The van der Waals surface area contributed by atoms with Gasteiger partial charge >= 0.3 is 5.63 Å². The first-order valence-electron chi connectivity index (χ1n) is 10.1. The first-order valence-corrected chi connectivity index (χ1v) is 10.9. The number of fused-ring (bicyclic) bond motifs is 3. The Labute approximate surface area is 199 Å². The maximum atomic E-state index is 12.5. The molecule has 0 saturated carbocycles. The number of nitrogens with zero attached hydrogens (tertiary/aromatic N) is 1. The third-order valence-electron chi connectivity index (χ3n) is 5.63. The Morgan fingerprint density at radius 2 is 1.70 bits per heavy atom. The molecule has 0 atom stereocenters. The van der Waals surface area contributed by atoms with E-state index in [0.29, 0.717) is 50.7 Å². The summed E-state index contributed by atoms with van der Waals surface area (Å²) in [5.74, 6) is 1.57. The van der Waals surface area contributed by atoms with E-state index in [9.17, 15) is 4.79 Å². The van der Waals surface area contributed by atoms with Crippen molar-refractivity contribution in [1.82, 2.24) is 0 Å². The summed E-state index contributed by atoms with van der Waals surface area (Å²) >= 11 is 13.0. The van der Waals surface area contributed by atoms with Gasteiger partial charge in [-0.15, -0.1) is 0 Å². The van der Waals surface area contributed by atoms with Crippen LogP contribution in [0.2, 0.25) is 10.0 Å². The highest BCUT2D eigenvalue weighted by Crippen LogP contribution is 2.44. The lowest BCUT2D eigenvalue weighted by atomic mass is 9.99. The monoisotopic (exact) mass is 483 g/mol. The third-order valence-corrected chi connectivity index (χ3v) is 6.20. The number of halogens is 2. The molecule has 0 unspecified atom stereocenters. The molecule has 0 bridgehead atoms. The summed E-state index contributed by atoms with van der Waals surface area (Å²) in [5, 5.41) is 1.62. The molecule has 1 aromatic heterocycles. The molecule has 0 fully saturated rings. The van der Waals surface area contributed by atoms with Gasteiger partial charge in [-0.3, -0.25) is 0 Å². The van der Waals surface area contributed by atoms with Gasteiger partial charge in [-0.25, -0.2) is 4.79 Å². The predicted octanol–water partition coefficient (Wildman–Crippen LogP) is 6.14. The van der Waals surface area contributed by atoms with Crippen molar-refractivity contribution in [2.45, 2.75) is 6.54 Å². The van der Waals surface area contributed by atoms with Crippen LogP contribution in [0, 0.1) is 0 Å². The molecule has 0 amide bonds. The minimum atomic E-state index is -0.451. The van der Waals surface area contributed by atoms with E-state index in [0.717, 1.165) is 16.5 Å². The van der Waals surface area contributed by atoms with E-state index in [1.165, 1.54) is 6.07 Å². The predicted molar refractivity (Wildman–Crippen MR) is 129 cm³/mol. The summed E-state index contributed by atoms with van der Waals surface area (Å²) in [6, 6.07) is 16.4. The van der Waals surface area contributed by atoms with E-state index in [1.54, 1.807) is 32.4 Å². The van der Waals surface area contributed by atoms with Crippen LogP contribution in [0.1, 0.15) is 5.56 Å². The lowest BCUT2D eigenvalue weighted by Crippen LogP contribution is -2.32. The second-order valence-electron chi connectivity index (χ2n) is 7.52. The number of hydrogen-bond acceptors (Lipinski definition) is 6. The highest BCUT2D eigenvalue weighted by Gasteiger charge is 2.28. The molecule has 0 spiro atoms. The Morgan fingerprint density at radius 1 is 0.939 bits per heavy atom. The average molecular weight is 484 g/mol. The second kappa shape index (κ2) is 8.54. The molecular formula is C25H19Cl2NO5. The van der Waals surface area contributed by atoms with Gasteiger partial charge in [-0.1, -0.05) is 53.5 Å². The van der Waals surface area contributed by atoms with E-state index >= 15 is 0 Å². The van der Waals surface area contributed by atoms with Crippen molar-refractivity contribution >= 4 is 39.9 Å². The molecule has 3 aromatic carbocycles.